The number of anilines is 1. The lowest BCUT2D eigenvalue weighted by Crippen LogP contribution is -2.37. The summed E-state index contributed by atoms with van der Waals surface area (Å²) in [5, 5.41) is 15.2. The van der Waals surface area contributed by atoms with Crippen molar-refractivity contribution in [1.82, 2.24) is 5.32 Å². The Hall–Kier alpha value is -2.31. The van der Waals surface area contributed by atoms with Crippen molar-refractivity contribution in [2.75, 3.05) is 18.1 Å². The lowest BCUT2D eigenvalue weighted by atomic mass is 10.1. The van der Waals surface area contributed by atoms with Crippen LogP contribution in [0.5, 0.6) is 0 Å². The minimum absolute atomic E-state index is 0.0301. The van der Waals surface area contributed by atoms with Crippen LogP contribution in [0.3, 0.4) is 0 Å². The Morgan fingerprint density at radius 2 is 1.76 bits per heavy atom. The standard InChI is InChI=1S/C19H22N2O3S/c1-12-4-5-13(2)16(10-12)21-19(24)18(23)20-11-17(22)14-6-8-15(25-3)9-7-14/h4-10,17,22H,11H2,1-3H3,(H,20,23)(H,21,24). The quantitative estimate of drug-likeness (QED) is 0.567. The molecule has 0 spiro atoms. The van der Waals surface area contributed by atoms with Gasteiger partial charge in [0.1, 0.15) is 0 Å². The second-order valence-electron chi connectivity index (χ2n) is 5.77. The van der Waals surface area contributed by atoms with E-state index in [1.807, 2.05) is 50.4 Å². The van der Waals surface area contributed by atoms with Crippen molar-refractivity contribution < 1.29 is 14.7 Å². The van der Waals surface area contributed by atoms with E-state index in [-0.39, 0.29) is 6.54 Å². The van der Waals surface area contributed by atoms with Crippen LogP contribution in [0.25, 0.3) is 0 Å². The van der Waals surface area contributed by atoms with E-state index < -0.39 is 17.9 Å². The maximum absolute atomic E-state index is 12.0. The Labute approximate surface area is 151 Å². The number of benzene rings is 2. The minimum Gasteiger partial charge on any atom is -0.387 e. The molecule has 0 fully saturated rings. The first kappa shape index (κ1) is 19.0. The molecule has 3 N–H and O–H groups in total. The van der Waals surface area contributed by atoms with E-state index in [1.54, 1.807) is 23.9 Å². The summed E-state index contributed by atoms with van der Waals surface area (Å²) >= 11 is 1.61. The summed E-state index contributed by atoms with van der Waals surface area (Å²) in [4.78, 5) is 25.0. The molecule has 0 bridgehead atoms. The SMILES string of the molecule is CSc1ccc(C(O)CNC(=O)C(=O)Nc2cc(C)ccc2C)cc1. The smallest absolute Gasteiger partial charge is 0.313 e. The van der Waals surface area contributed by atoms with Gasteiger partial charge in [-0.1, -0.05) is 24.3 Å². The molecule has 0 radical (unpaired) electrons. The van der Waals surface area contributed by atoms with Crippen LogP contribution in [0.15, 0.2) is 47.4 Å². The lowest BCUT2D eigenvalue weighted by Gasteiger charge is -2.13. The van der Waals surface area contributed by atoms with Crippen LogP contribution >= 0.6 is 11.8 Å². The number of carbonyl (C=O) groups excluding carboxylic acids is 2. The zero-order valence-corrected chi connectivity index (χ0v) is 15.3. The Morgan fingerprint density at radius 1 is 1.08 bits per heavy atom. The number of aryl methyl sites for hydroxylation is 2. The van der Waals surface area contributed by atoms with Crippen molar-refractivity contribution in [3.05, 3.63) is 59.2 Å². The molecule has 25 heavy (non-hydrogen) atoms. The van der Waals surface area contributed by atoms with Crippen LogP contribution in [0, 0.1) is 13.8 Å². The second kappa shape index (κ2) is 8.69. The fourth-order valence-electron chi connectivity index (χ4n) is 2.26. The summed E-state index contributed by atoms with van der Waals surface area (Å²) in [5.74, 6) is -1.53. The highest BCUT2D eigenvalue weighted by molar-refractivity contribution is 7.98. The number of aliphatic hydroxyl groups is 1. The molecular formula is C19H22N2O3S. The normalized spacial score (nSPS) is 11.7. The van der Waals surface area contributed by atoms with E-state index in [0.29, 0.717) is 11.3 Å². The van der Waals surface area contributed by atoms with Crippen molar-refractivity contribution in [1.29, 1.82) is 0 Å². The first-order valence-corrected chi connectivity index (χ1v) is 9.11. The molecule has 0 aromatic heterocycles. The summed E-state index contributed by atoms with van der Waals surface area (Å²) in [5.41, 5.74) is 3.16. The molecule has 0 heterocycles. The average molecular weight is 358 g/mol. The summed E-state index contributed by atoms with van der Waals surface area (Å²) in [6.07, 6.45) is 1.11. The van der Waals surface area contributed by atoms with E-state index in [1.165, 1.54) is 0 Å². The molecule has 2 amide bonds. The fraction of sp³-hybridized carbons (Fsp3) is 0.263. The van der Waals surface area contributed by atoms with Crippen LogP contribution in [0.4, 0.5) is 5.69 Å². The number of nitrogens with one attached hydrogen (secondary N) is 2. The molecule has 0 aliphatic carbocycles. The van der Waals surface area contributed by atoms with Gasteiger partial charge >= 0.3 is 11.8 Å². The van der Waals surface area contributed by atoms with Crippen molar-refractivity contribution in [3.63, 3.8) is 0 Å². The van der Waals surface area contributed by atoms with Gasteiger partial charge in [-0.05, 0) is 55.0 Å². The predicted molar refractivity (Wildman–Crippen MR) is 101 cm³/mol. The number of aliphatic hydroxyl groups excluding tert-OH is 1. The van der Waals surface area contributed by atoms with E-state index in [2.05, 4.69) is 10.6 Å². The van der Waals surface area contributed by atoms with Crippen molar-refractivity contribution in [2.45, 2.75) is 24.8 Å². The molecule has 2 rings (SSSR count). The van der Waals surface area contributed by atoms with Gasteiger partial charge in [0, 0.05) is 17.1 Å². The Bertz CT molecular complexity index is 760. The number of amides is 2. The molecule has 2 aromatic carbocycles. The highest BCUT2D eigenvalue weighted by Crippen LogP contribution is 2.19. The molecule has 5 nitrogen and oxygen atoms in total. The maximum atomic E-state index is 12.0. The third kappa shape index (κ3) is 5.34. The molecule has 6 heteroatoms. The molecule has 0 aliphatic rings. The van der Waals surface area contributed by atoms with Gasteiger partial charge in [-0.15, -0.1) is 11.8 Å². The van der Waals surface area contributed by atoms with E-state index in [0.717, 1.165) is 16.0 Å². The summed E-state index contributed by atoms with van der Waals surface area (Å²) in [6.45, 7) is 3.74. The predicted octanol–water partition coefficient (Wildman–Crippen LogP) is 2.81. The average Bonchev–Trinajstić information content (AvgIpc) is 2.62. The third-order valence-electron chi connectivity index (χ3n) is 3.80. The molecule has 1 unspecified atom stereocenters. The zero-order valence-electron chi connectivity index (χ0n) is 14.5. The van der Waals surface area contributed by atoms with Gasteiger partial charge in [-0.25, -0.2) is 0 Å². The summed E-state index contributed by atoms with van der Waals surface area (Å²) in [7, 11) is 0. The van der Waals surface area contributed by atoms with E-state index in [9.17, 15) is 14.7 Å². The summed E-state index contributed by atoms with van der Waals surface area (Å²) < 4.78 is 0. The van der Waals surface area contributed by atoms with Gasteiger partial charge in [-0.3, -0.25) is 9.59 Å². The fourth-order valence-corrected chi connectivity index (χ4v) is 2.67. The number of hydrogen-bond donors (Lipinski definition) is 3. The van der Waals surface area contributed by atoms with Crippen LogP contribution in [-0.2, 0) is 9.59 Å². The molecule has 0 saturated carbocycles. The van der Waals surface area contributed by atoms with E-state index in [4.69, 9.17) is 0 Å². The molecule has 1 atom stereocenters. The third-order valence-corrected chi connectivity index (χ3v) is 4.55. The molecule has 2 aromatic rings. The Kier molecular flexibility index (Phi) is 6.61. The zero-order chi connectivity index (χ0) is 18.4. The molecule has 0 saturated heterocycles. The van der Waals surface area contributed by atoms with Gasteiger partial charge in [-0.2, -0.15) is 0 Å². The minimum atomic E-state index is -0.867. The first-order valence-electron chi connectivity index (χ1n) is 7.89. The second-order valence-corrected chi connectivity index (χ2v) is 6.65. The van der Waals surface area contributed by atoms with Crippen LogP contribution in [0.1, 0.15) is 22.8 Å². The lowest BCUT2D eigenvalue weighted by molar-refractivity contribution is -0.136. The molecular weight excluding hydrogens is 336 g/mol. The monoisotopic (exact) mass is 358 g/mol. The van der Waals surface area contributed by atoms with Gasteiger partial charge in [0.25, 0.3) is 0 Å². The highest BCUT2D eigenvalue weighted by Gasteiger charge is 2.16. The Morgan fingerprint density at radius 3 is 2.40 bits per heavy atom. The van der Waals surface area contributed by atoms with Gasteiger partial charge < -0.3 is 15.7 Å². The van der Waals surface area contributed by atoms with Gasteiger partial charge in [0.05, 0.1) is 6.10 Å². The first-order chi connectivity index (χ1) is 11.9. The maximum Gasteiger partial charge on any atom is 0.313 e. The largest absolute Gasteiger partial charge is 0.387 e. The molecule has 0 aliphatic heterocycles. The number of carbonyl (C=O) groups is 2. The van der Waals surface area contributed by atoms with Crippen LogP contribution in [-0.4, -0.2) is 29.7 Å². The van der Waals surface area contributed by atoms with Gasteiger partial charge in [0.2, 0.25) is 0 Å². The topological polar surface area (TPSA) is 78.4 Å². The number of hydrogen-bond acceptors (Lipinski definition) is 4. The molecule has 132 valence electrons. The number of thioether (sulfide) groups is 1. The van der Waals surface area contributed by atoms with Crippen LogP contribution in [0.2, 0.25) is 0 Å². The summed E-state index contributed by atoms with van der Waals surface area (Å²) in [6, 6.07) is 13.0. The number of rotatable bonds is 5. The van der Waals surface area contributed by atoms with Crippen molar-refractivity contribution in [2.24, 2.45) is 0 Å². The van der Waals surface area contributed by atoms with E-state index >= 15 is 0 Å². The Balaban J connectivity index is 1.90. The van der Waals surface area contributed by atoms with Gasteiger partial charge in [0.15, 0.2) is 0 Å². The van der Waals surface area contributed by atoms with Crippen molar-refractivity contribution >= 4 is 29.3 Å². The highest BCUT2D eigenvalue weighted by atomic mass is 32.2. The van der Waals surface area contributed by atoms with Crippen LogP contribution < -0.4 is 10.6 Å². The van der Waals surface area contributed by atoms with Crippen molar-refractivity contribution in [3.8, 4) is 0 Å².